The van der Waals surface area contributed by atoms with Crippen molar-refractivity contribution in [3.63, 3.8) is 0 Å². The van der Waals surface area contributed by atoms with Crippen molar-refractivity contribution in [2.45, 2.75) is 32.4 Å². The van der Waals surface area contributed by atoms with Crippen LogP contribution in [0, 0.1) is 0 Å². The van der Waals surface area contributed by atoms with Gasteiger partial charge < -0.3 is 15.2 Å². The molecule has 0 amide bonds. The summed E-state index contributed by atoms with van der Waals surface area (Å²) in [6.45, 7) is 5.58. The van der Waals surface area contributed by atoms with Crippen LogP contribution in [-0.4, -0.2) is 31.3 Å². The maximum absolute atomic E-state index is 11.1. The molecule has 0 aromatic heterocycles. The molecule has 0 radical (unpaired) electrons. The molecule has 0 saturated heterocycles. The molecule has 0 heterocycles. The molecular formula is C8H18ClNO3. The fraction of sp³-hybridized carbons (Fsp3) is 0.875. The van der Waals surface area contributed by atoms with E-state index in [1.807, 2.05) is 0 Å². The number of carbonyl (C=O) groups is 1. The SMILES string of the molecule is COCC(N)C(=O)OC(C)(C)C.Cl. The van der Waals surface area contributed by atoms with Gasteiger partial charge >= 0.3 is 5.97 Å². The molecule has 0 spiro atoms. The minimum Gasteiger partial charge on any atom is -0.459 e. The molecule has 1 unspecified atom stereocenters. The van der Waals surface area contributed by atoms with E-state index in [1.54, 1.807) is 20.8 Å². The largest absolute Gasteiger partial charge is 0.459 e. The van der Waals surface area contributed by atoms with Crippen LogP contribution in [0.1, 0.15) is 20.8 Å². The van der Waals surface area contributed by atoms with Crippen LogP contribution in [0.15, 0.2) is 0 Å². The number of hydrogen-bond donors (Lipinski definition) is 1. The van der Waals surface area contributed by atoms with E-state index in [4.69, 9.17) is 15.2 Å². The van der Waals surface area contributed by atoms with Crippen LogP contribution in [0.4, 0.5) is 0 Å². The summed E-state index contributed by atoms with van der Waals surface area (Å²) in [5, 5.41) is 0. The topological polar surface area (TPSA) is 61.5 Å². The van der Waals surface area contributed by atoms with Gasteiger partial charge in [0.15, 0.2) is 0 Å². The van der Waals surface area contributed by atoms with E-state index in [9.17, 15) is 4.79 Å². The maximum atomic E-state index is 11.1. The van der Waals surface area contributed by atoms with Gasteiger partial charge in [0.25, 0.3) is 0 Å². The number of ether oxygens (including phenoxy) is 2. The first kappa shape index (κ1) is 15.2. The summed E-state index contributed by atoms with van der Waals surface area (Å²) >= 11 is 0. The minimum atomic E-state index is -0.686. The van der Waals surface area contributed by atoms with Crippen LogP contribution >= 0.6 is 12.4 Å². The zero-order valence-corrected chi connectivity index (χ0v) is 9.31. The van der Waals surface area contributed by atoms with E-state index in [2.05, 4.69) is 0 Å². The lowest BCUT2D eigenvalue weighted by Gasteiger charge is -2.21. The Morgan fingerprint density at radius 2 is 1.92 bits per heavy atom. The minimum absolute atomic E-state index is 0. The molecule has 2 N–H and O–H groups in total. The van der Waals surface area contributed by atoms with Gasteiger partial charge in [0.1, 0.15) is 11.6 Å². The van der Waals surface area contributed by atoms with E-state index in [0.29, 0.717) is 0 Å². The highest BCUT2D eigenvalue weighted by molar-refractivity contribution is 5.85. The molecular weight excluding hydrogens is 194 g/mol. The number of methoxy groups -OCH3 is 1. The summed E-state index contributed by atoms with van der Waals surface area (Å²) in [7, 11) is 1.49. The van der Waals surface area contributed by atoms with Crippen molar-refractivity contribution in [1.82, 2.24) is 0 Å². The van der Waals surface area contributed by atoms with Crippen LogP contribution in [-0.2, 0) is 14.3 Å². The van der Waals surface area contributed by atoms with Crippen LogP contribution < -0.4 is 5.73 Å². The molecule has 0 rings (SSSR count). The van der Waals surface area contributed by atoms with Gasteiger partial charge in [-0.15, -0.1) is 12.4 Å². The Kier molecular flexibility index (Phi) is 7.21. The van der Waals surface area contributed by atoms with Gasteiger partial charge in [0.05, 0.1) is 6.61 Å². The fourth-order valence-electron chi connectivity index (χ4n) is 0.625. The first-order valence-electron chi connectivity index (χ1n) is 3.84. The number of hydrogen-bond acceptors (Lipinski definition) is 4. The van der Waals surface area contributed by atoms with Crippen LogP contribution in [0.25, 0.3) is 0 Å². The van der Waals surface area contributed by atoms with E-state index in [1.165, 1.54) is 7.11 Å². The second-order valence-corrected chi connectivity index (χ2v) is 3.60. The highest BCUT2D eigenvalue weighted by Gasteiger charge is 2.21. The Balaban J connectivity index is 0. The summed E-state index contributed by atoms with van der Waals surface area (Å²) in [5.41, 5.74) is 4.95. The third-order valence-electron chi connectivity index (χ3n) is 1.06. The van der Waals surface area contributed by atoms with Gasteiger partial charge in [-0.3, -0.25) is 4.79 Å². The zero-order chi connectivity index (χ0) is 9.78. The van der Waals surface area contributed by atoms with Gasteiger partial charge in [-0.05, 0) is 20.8 Å². The molecule has 1 atom stereocenters. The fourth-order valence-corrected chi connectivity index (χ4v) is 0.625. The number of nitrogens with two attached hydrogens (primary N) is 1. The quantitative estimate of drug-likeness (QED) is 0.699. The smallest absolute Gasteiger partial charge is 0.325 e. The van der Waals surface area contributed by atoms with Gasteiger partial charge in [-0.25, -0.2) is 0 Å². The molecule has 0 aromatic rings. The first-order chi connectivity index (χ1) is 5.37. The molecule has 5 heteroatoms. The summed E-state index contributed by atoms with van der Waals surface area (Å²) in [6.07, 6.45) is 0. The molecule has 0 aromatic carbocycles. The summed E-state index contributed by atoms with van der Waals surface area (Å²) < 4.78 is 9.72. The van der Waals surface area contributed by atoms with Gasteiger partial charge in [-0.1, -0.05) is 0 Å². The summed E-state index contributed by atoms with van der Waals surface area (Å²) in [4.78, 5) is 11.1. The predicted octanol–water partition coefficient (Wildman–Crippen LogP) is 0.724. The molecule has 0 aliphatic heterocycles. The van der Waals surface area contributed by atoms with Crippen molar-refractivity contribution in [3.05, 3.63) is 0 Å². The van der Waals surface area contributed by atoms with Crippen LogP contribution in [0.5, 0.6) is 0 Å². The van der Waals surface area contributed by atoms with Crippen molar-refractivity contribution in [2.75, 3.05) is 13.7 Å². The Morgan fingerprint density at radius 1 is 1.46 bits per heavy atom. The third-order valence-corrected chi connectivity index (χ3v) is 1.06. The third kappa shape index (κ3) is 8.02. The molecule has 13 heavy (non-hydrogen) atoms. The lowest BCUT2D eigenvalue weighted by molar-refractivity contribution is -0.157. The molecule has 0 saturated carbocycles. The molecule has 4 nitrogen and oxygen atoms in total. The number of esters is 1. The van der Waals surface area contributed by atoms with Gasteiger partial charge in [-0.2, -0.15) is 0 Å². The monoisotopic (exact) mass is 211 g/mol. The van der Waals surface area contributed by atoms with Gasteiger partial charge in [0, 0.05) is 7.11 Å². The van der Waals surface area contributed by atoms with Crippen LogP contribution in [0.3, 0.4) is 0 Å². The lowest BCUT2D eigenvalue weighted by atomic mass is 10.2. The normalized spacial score (nSPS) is 13.0. The van der Waals surface area contributed by atoms with E-state index in [-0.39, 0.29) is 19.0 Å². The highest BCUT2D eigenvalue weighted by atomic mass is 35.5. The second kappa shape index (κ2) is 6.18. The maximum Gasteiger partial charge on any atom is 0.325 e. The Hall–Kier alpha value is -0.320. The molecule has 0 aliphatic carbocycles. The number of halogens is 1. The molecule has 80 valence electrons. The van der Waals surface area contributed by atoms with Crippen LogP contribution in [0.2, 0.25) is 0 Å². The lowest BCUT2D eigenvalue weighted by Crippen LogP contribution is -2.40. The Morgan fingerprint density at radius 3 is 2.23 bits per heavy atom. The number of carbonyl (C=O) groups excluding carboxylic acids is 1. The molecule has 0 bridgehead atoms. The standard InChI is InChI=1S/C8H17NO3.ClH/c1-8(2,3)12-7(10)6(9)5-11-4;/h6H,5,9H2,1-4H3;1H. The van der Waals surface area contributed by atoms with E-state index in [0.717, 1.165) is 0 Å². The average molecular weight is 212 g/mol. The summed E-state index contributed by atoms with van der Waals surface area (Å²) in [5.74, 6) is -0.427. The highest BCUT2D eigenvalue weighted by Crippen LogP contribution is 2.07. The summed E-state index contributed by atoms with van der Waals surface area (Å²) in [6, 6.07) is -0.686. The predicted molar refractivity (Wildman–Crippen MR) is 52.9 cm³/mol. The van der Waals surface area contributed by atoms with Crippen molar-refractivity contribution >= 4 is 18.4 Å². The van der Waals surface area contributed by atoms with E-state index >= 15 is 0 Å². The Labute approximate surface area is 85.2 Å². The zero-order valence-electron chi connectivity index (χ0n) is 8.49. The van der Waals surface area contributed by atoms with Crippen molar-refractivity contribution in [1.29, 1.82) is 0 Å². The molecule has 0 fully saturated rings. The first-order valence-corrected chi connectivity index (χ1v) is 3.84. The van der Waals surface area contributed by atoms with Crippen molar-refractivity contribution in [2.24, 2.45) is 5.73 Å². The van der Waals surface area contributed by atoms with Gasteiger partial charge in [0.2, 0.25) is 0 Å². The Bertz CT molecular complexity index is 156. The average Bonchev–Trinajstić information content (AvgIpc) is 1.84. The second-order valence-electron chi connectivity index (χ2n) is 3.60. The van der Waals surface area contributed by atoms with Crippen molar-refractivity contribution in [3.8, 4) is 0 Å². The number of rotatable bonds is 3. The van der Waals surface area contributed by atoms with E-state index < -0.39 is 17.6 Å². The molecule has 0 aliphatic rings. The van der Waals surface area contributed by atoms with Crippen molar-refractivity contribution < 1.29 is 14.3 Å².